The number of hydrogen-bond acceptors (Lipinski definition) is 4. The van der Waals surface area contributed by atoms with E-state index in [-0.39, 0.29) is 24.8 Å². The number of rotatable bonds is 6. The molecule has 0 aliphatic heterocycles. The van der Waals surface area contributed by atoms with Gasteiger partial charge in [0.1, 0.15) is 0 Å². The lowest BCUT2D eigenvalue weighted by Gasteiger charge is -2.19. The van der Waals surface area contributed by atoms with Crippen LogP contribution < -0.4 is 5.32 Å². The molecule has 25 heavy (non-hydrogen) atoms. The Morgan fingerprint density at radius 1 is 1.12 bits per heavy atom. The van der Waals surface area contributed by atoms with Gasteiger partial charge in [-0.15, -0.1) is 10.2 Å². The van der Waals surface area contributed by atoms with Crippen molar-refractivity contribution in [2.24, 2.45) is 0 Å². The molecule has 3 aromatic rings. The van der Waals surface area contributed by atoms with Gasteiger partial charge in [0.2, 0.25) is 17.7 Å². The number of halogens is 1. The van der Waals surface area contributed by atoms with Crippen molar-refractivity contribution >= 4 is 17.5 Å². The van der Waals surface area contributed by atoms with E-state index in [1.165, 1.54) is 0 Å². The number of aryl methyl sites for hydroxylation is 1. The summed E-state index contributed by atoms with van der Waals surface area (Å²) in [5, 5.41) is 11.1. The average Bonchev–Trinajstić information content (AvgIpc) is 3.05. The van der Waals surface area contributed by atoms with Crippen LogP contribution in [0, 0.1) is 6.92 Å². The van der Waals surface area contributed by atoms with Crippen molar-refractivity contribution < 1.29 is 9.21 Å². The summed E-state index contributed by atoms with van der Waals surface area (Å²) < 4.78 is 5.27. The molecule has 0 bridgehead atoms. The van der Waals surface area contributed by atoms with Crippen LogP contribution >= 0.6 is 11.6 Å². The SMILES string of the molecule is Cc1nnc(CNC(=O)CC(c2ccccc2)c2ccccc2Cl)o1. The van der Waals surface area contributed by atoms with Crippen LogP contribution in [-0.2, 0) is 11.3 Å². The van der Waals surface area contributed by atoms with E-state index < -0.39 is 0 Å². The van der Waals surface area contributed by atoms with Crippen molar-refractivity contribution in [1.82, 2.24) is 15.5 Å². The van der Waals surface area contributed by atoms with Gasteiger partial charge in [0.15, 0.2) is 0 Å². The fourth-order valence-electron chi connectivity index (χ4n) is 2.69. The van der Waals surface area contributed by atoms with Crippen LogP contribution in [0.5, 0.6) is 0 Å². The van der Waals surface area contributed by atoms with E-state index >= 15 is 0 Å². The maximum absolute atomic E-state index is 12.4. The zero-order valence-electron chi connectivity index (χ0n) is 13.8. The van der Waals surface area contributed by atoms with Gasteiger partial charge in [0.05, 0.1) is 6.54 Å². The van der Waals surface area contributed by atoms with Crippen molar-refractivity contribution in [3.8, 4) is 0 Å². The molecule has 128 valence electrons. The van der Waals surface area contributed by atoms with Gasteiger partial charge < -0.3 is 9.73 Å². The lowest BCUT2D eigenvalue weighted by atomic mass is 9.88. The van der Waals surface area contributed by atoms with Gasteiger partial charge in [-0.1, -0.05) is 60.1 Å². The molecule has 1 N–H and O–H groups in total. The number of nitrogens with one attached hydrogen (secondary N) is 1. The molecular weight excluding hydrogens is 338 g/mol. The van der Waals surface area contributed by atoms with Crippen LogP contribution in [0.2, 0.25) is 5.02 Å². The Morgan fingerprint density at radius 2 is 1.84 bits per heavy atom. The predicted molar refractivity (Wildman–Crippen MR) is 95.2 cm³/mol. The molecule has 1 amide bonds. The molecule has 0 radical (unpaired) electrons. The second kappa shape index (κ2) is 7.94. The van der Waals surface area contributed by atoms with Crippen LogP contribution in [0.25, 0.3) is 0 Å². The fourth-order valence-corrected chi connectivity index (χ4v) is 2.96. The lowest BCUT2D eigenvalue weighted by molar-refractivity contribution is -0.121. The first-order chi connectivity index (χ1) is 12.1. The lowest BCUT2D eigenvalue weighted by Crippen LogP contribution is -2.25. The summed E-state index contributed by atoms with van der Waals surface area (Å²) >= 11 is 6.36. The van der Waals surface area contributed by atoms with E-state index in [4.69, 9.17) is 16.0 Å². The monoisotopic (exact) mass is 355 g/mol. The smallest absolute Gasteiger partial charge is 0.235 e. The minimum Gasteiger partial charge on any atom is -0.424 e. The molecule has 0 spiro atoms. The third kappa shape index (κ3) is 4.45. The standard InChI is InChI=1S/C19H18ClN3O2/c1-13-22-23-19(25-13)12-21-18(24)11-16(14-7-3-2-4-8-14)15-9-5-6-10-17(15)20/h2-10,16H,11-12H2,1H3,(H,21,24). The molecule has 0 saturated heterocycles. The highest BCUT2D eigenvalue weighted by Crippen LogP contribution is 2.32. The van der Waals surface area contributed by atoms with Gasteiger partial charge in [0, 0.05) is 24.3 Å². The minimum atomic E-state index is -0.126. The van der Waals surface area contributed by atoms with E-state index in [1.807, 2.05) is 54.6 Å². The van der Waals surface area contributed by atoms with Crippen LogP contribution in [0.15, 0.2) is 59.0 Å². The van der Waals surface area contributed by atoms with Gasteiger partial charge in [-0.25, -0.2) is 0 Å². The highest BCUT2D eigenvalue weighted by Gasteiger charge is 2.20. The molecule has 0 saturated carbocycles. The maximum atomic E-state index is 12.4. The van der Waals surface area contributed by atoms with Crippen molar-refractivity contribution in [2.45, 2.75) is 25.8 Å². The number of carbonyl (C=O) groups is 1. The molecule has 6 heteroatoms. The molecule has 1 unspecified atom stereocenters. The van der Waals surface area contributed by atoms with Gasteiger partial charge in [-0.2, -0.15) is 0 Å². The van der Waals surface area contributed by atoms with Gasteiger partial charge in [0.25, 0.3) is 0 Å². The number of aromatic nitrogens is 2. The molecule has 2 aromatic carbocycles. The zero-order valence-corrected chi connectivity index (χ0v) is 14.5. The second-order valence-corrected chi connectivity index (χ2v) is 6.09. The first-order valence-corrected chi connectivity index (χ1v) is 8.36. The van der Waals surface area contributed by atoms with E-state index in [2.05, 4.69) is 15.5 Å². The van der Waals surface area contributed by atoms with Crippen LogP contribution in [0.4, 0.5) is 0 Å². The number of nitrogens with zero attached hydrogens (tertiary/aromatic N) is 2. The van der Waals surface area contributed by atoms with Crippen molar-refractivity contribution in [1.29, 1.82) is 0 Å². The summed E-state index contributed by atoms with van der Waals surface area (Å²) in [6.07, 6.45) is 0.279. The summed E-state index contributed by atoms with van der Waals surface area (Å²) in [5.41, 5.74) is 1.97. The first kappa shape index (κ1) is 17.2. The summed E-state index contributed by atoms with van der Waals surface area (Å²) in [7, 11) is 0. The molecule has 0 aliphatic rings. The van der Waals surface area contributed by atoms with Gasteiger partial charge in [-0.05, 0) is 17.2 Å². The molecule has 0 aliphatic carbocycles. The van der Waals surface area contributed by atoms with E-state index in [0.717, 1.165) is 11.1 Å². The van der Waals surface area contributed by atoms with Gasteiger partial charge in [-0.3, -0.25) is 4.79 Å². The molecule has 0 fully saturated rings. The second-order valence-electron chi connectivity index (χ2n) is 5.68. The Hall–Kier alpha value is -2.66. The zero-order chi connectivity index (χ0) is 17.6. The Bertz CT molecular complexity index is 849. The molecule has 3 rings (SSSR count). The maximum Gasteiger partial charge on any atom is 0.235 e. The van der Waals surface area contributed by atoms with Gasteiger partial charge >= 0.3 is 0 Å². The Labute approximate surface area is 151 Å². The molecule has 5 nitrogen and oxygen atoms in total. The number of benzene rings is 2. The van der Waals surface area contributed by atoms with Crippen molar-refractivity contribution in [3.63, 3.8) is 0 Å². The third-order valence-electron chi connectivity index (χ3n) is 3.88. The summed E-state index contributed by atoms with van der Waals surface area (Å²) in [4.78, 5) is 12.4. The minimum absolute atomic E-state index is 0.107. The molecule has 1 aromatic heterocycles. The van der Waals surface area contributed by atoms with E-state index in [0.29, 0.717) is 16.8 Å². The number of hydrogen-bond donors (Lipinski definition) is 1. The summed E-state index contributed by atoms with van der Waals surface area (Å²) in [5.74, 6) is 0.631. The Kier molecular flexibility index (Phi) is 5.46. The summed E-state index contributed by atoms with van der Waals surface area (Å²) in [6, 6.07) is 17.5. The van der Waals surface area contributed by atoms with Crippen molar-refractivity contribution in [2.75, 3.05) is 0 Å². The van der Waals surface area contributed by atoms with Crippen LogP contribution in [-0.4, -0.2) is 16.1 Å². The van der Waals surface area contributed by atoms with Crippen LogP contribution in [0.3, 0.4) is 0 Å². The highest BCUT2D eigenvalue weighted by molar-refractivity contribution is 6.31. The largest absolute Gasteiger partial charge is 0.424 e. The van der Waals surface area contributed by atoms with Crippen molar-refractivity contribution in [3.05, 3.63) is 82.5 Å². The fraction of sp³-hybridized carbons (Fsp3) is 0.211. The first-order valence-electron chi connectivity index (χ1n) is 7.98. The quantitative estimate of drug-likeness (QED) is 0.728. The number of amides is 1. The average molecular weight is 356 g/mol. The Morgan fingerprint density at radius 3 is 2.52 bits per heavy atom. The van der Waals surface area contributed by atoms with E-state index in [1.54, 1.807) is 6.92 Å². The molecule has 1 atom stereocenters. The Balaban J connectivity index is 1.76. The number of carbonyl (C=O) groups excluding carboxylic acids is 1. The third-order valence-corrected chi connectivity index (χ3v) is 4.22. The normalized spacial score (nSPS) is 11.9. The highest BCUT2D eigenvalue weighted by atomic mass is 35.5. The summed E-state index contributed by atoms with van der Waals surface area (Å²) in [6.45, 7) is 1.92. The molecular formula is C19H18ClN3O2. The molecule has 1 heterocycles. The predicted octanol–water partition coefficient (Wildman–Crippen LogP) is 3.87. The van der Waals surface area contributed by atoms with Crippen LogP contribution in [0.1, 0.15) is 35.2 Å². The topological polar surface area (TPSA) is 68.0 Å². The van der Waals surface area contributed by atoms with E-state index in [9.17, 15) is 4.79 Å².